The van der Waals surface area contributed by atoms with Crippen molar-refractivity contribution in [3.8, 4) is 0 Å². The van der Waals surface area contributed by atoms with Gasteiger partial charge in [0, 0.05) is 13.3 Å². The Hall–Kier alpha value is -1.36. The third-order valence-electron chi connectivity index (χ3n) is 2.17. The van der Waals surface area contributed by atoms with Crippen molar-refractivity contribution in [2.75, 3.05) is 7.11 Å². The van der Waals surface area contributed by atoms with Crippen molar-refractivity contribution in [3.05, 3.63) is 18.0 Å². The second-order valence-corrected chi connectivity index (χ2v) is 4.00. The van der Waals surface area contributed by atoms with E-state index in [2.05, 4.69) is 15.5 Å². The van der Waals surface area contributed by atoms with Gasteiger partial charge in [0.1, 0.15) is 0 Å². The predicted octanol–water partition coefficient (Wildman–Crippen LogP) is 0.841. The van der Waals surface area contributed by atoms with Crippen molar-refractivity contribution in [2.24, 2.45) is 0 Å². The third kappa shape index (κ3) is 4.12. The second kappa shape index (κ2) is 4.93. The zero-order valence-corrected chi connectivity index (χ0v) is 9.33. The molecular formula is C10H17N3O2. The Balaban J connectivity index is 2.31. The minimum atomic E-state index is -0.419. The highest BCUT2D eigenvalue weighted by atomic mass is 16.5. The van der Waals surface area contributed by atoms with E-state index in [-0.39, 0.29) is 5.91 Å². The van der Waals surface area contributed by atoms with E-state index < -0.39 is 5.60 Å². The molecule has 0 spiro atoms. The first kappa shape index (κ1) is 11.7. The number of carbonyl (C=O) groups excluding carboxylic acids is 1. The standard InChI is InChI=1S/C10H17N3O2/c1-10(2,15-3)6-9(14)11-7-8-4-5-12-13-8/h4-5H,6-7H2,1-3H3,(H,11,14)(H,12,13). The summed E-state index contributed by atoms with van der Waals surface area (Å²) < 4.78 is 5.16. The summed E-state index contributed by atoms with van der Waals surface area (Å²) in [7, 11) is 1.60. The summed E-state index contributed by atoms with van der Waals surface area (Å²) >= 11 is 0. The van der Waals surface area contributed by atoms with Gasteiger partial charge in [-0.25, -0.2) is 0 Å². The lowest BCUT2D eigenvalue weighted by Gasteiger charge is -2.21. The van der Waals surface area contributed by atoms with Crippen LogP contribution in [0.3, 0.4) is 0 Å². The Kier molecular flexibility index (Phi) is 3.85. The van der Waals surface area contributed by atoms with Gasteiger partial charge in [-0.05, 0) is 19.9 Å². The molecule has 84 valence electrons. The lowest BCUT2D eigenvalue weighted by molar-refractivity contribution is -0.126. The van der Waals surface area contributed by atoms with Gasteiger partial charge in [0.2, 0.25) is 5.91 Å². The lowest BCUT2D eigenvalue weighted by Crippen LogP contribution is -2.33. The molecule has 5 heteroatoms. The topological polar surface area (TPSA) is 67.0 Å². The molecule has 1 heterocycles. The molecular weight excluding hydrogens is 194 g/mol. The van der Waals surface area contributed by atoms with Crippen molar-refractivity contribution in [1.82, 2.24) is 15.5 Å². The first-order valence-corrected chi connectivity index (χ1v) is 4.83. The summed E-state index contributed by atoms with van der Waals surface area (Å²) in [4.78, 5) is 11.5. The zero-order chi connectivity index (χ0) is 11.3. The maximum absolute atomic E-state index is 11.5. The zero-order valence-electron chi connectivity index (χ0n) is 9.33. The first-order chi connectivity index (χ1) is 7.03. The number of H-pyrrole nitrogens is 1. The Labute approximate surface area is 89.2 Å². The van der Waals surface area contributed by atoms with Crippen molar-refractivity contribution >= 4 is 5.91 Å². The number of aromatic nitrogens is 2. The third-order valence-corrected chi connectivity index (χ3v) is 2.17. The van der Waals surface area contributed by atoms with Crippen molar-refractivity contribution in [2.45, 2.75) is 32.4 Å². The molecule has 1 rings (SSSR count). The molecule has 1 amide bonds. The molecule has 5 nitrogen and oxygen atoms in total. The highest BCUT2D eigenvalue weighted by Crippen LogP contribution is 2.12. The minimum Gasteiger partial charge on any atom is -0.378 e. The monoisotopic (exact) mass is 211 g/mol. The molecule has 2 N–H and O–H groups in total. The Morgan fingerprint density at radius 3 is 2.93 bits per heavy atom. The molecule has 1 aromatic rings. The van der Waals surface area contributed by atoms with Gasteiger partial charge in [-0.1, -0.05) is 0 Å². The number of hydrogen-bond acceptors (Lipinski definition) is 3. The van der Waals surface area contributed by atoms with E-state index in [1.54, 1.807) is 13.3 Å². The quantitative estimate of drug-likeness (QED) is 0.758. The van der Waals surface area contributed by atoms with Crippen LogP contribution in [0.15, 0.2) is 12.3 Å². The van der Waals surface area contributed by atoms with E-state index in [4.69, 9.17) is 4.74 Å². The first-order valence-electron chi connectivity index (χ1n) is 4.83. The van der Waals surface area contributed by atoms with E-state index in [1.807, 2.05) is 19.9 Å². The molecule has 0 aliphatic rings. The van der Waals surface area contributed by atoms with Crippen molar-refractivity contribution < 1.29 is 9.53 Å². The summed E-state index contributed by atoms with van der Waals surface area (Å²) in [6.45, 7) is 4.23. The maximum Gasteiger partial charge on any atom is 0.223 e. The van der Waals surface area contributed by atoms with Crippen LogP contribution in [0.1, 0.15) is 26.0 Å². The summed E-state index contributed by atoms with van der Waals surface area (Å²) in [6, 6.07) is 1.82. The van der Waals surface area contributed by atoms with E-state index in [9.17, 15) is 4.79 Å². The highest BCUT2D eigenvalue weighted by Gasteiger charge is 2.20. The van der Waals surface area contributed by atoms with Crippen molar-refractivity contribution in [1.29, 1.82) is 0 Å². The van der Waals surface area contributed by atoms with Crippen LogP contribution < -0.4 is 5.32 Å². The van der Waals surface area contributed by atoms with Crippen LogP contribution in [0.25, 0.3) is 0 Å². The predicted molar refractivity (Wildman–Crippen MR) is 56.1 cm³/mol. The summed E-state index contributed by atoms with van der Waals surface area (Å²) in [6.07, 6.45) is 2.00. The number of rotatable bonds is 5. The number of nitrogens with one attached hydrogen (secondary N) is 2. The number of nitrogens with zero attached hydrogens (tertiary/aromatic N) is 1. The molecule has 15 heavy (non-hydrogen) atoms. The van der Waals surface area contributed by atoms with Crippen LogP contribution in [-0.4, -0.2) is 28.8 Å². The Bertz CT molecular complexity index is 306. The summed E-state index contributed by atoms with van der Waals surface area (Å²) in [5.41, 5.74) is 0.469. The van der Waals surface area contributed by atoms with Crippen molar-refractivity contribution in [3.63, 3.8) is 0 Å². The van der Waals surface area contributed by atoms with Gasteiger partial charge in [-0.2, -0.15) is 5.10 Å². The van der Waals surface area contributed by atoms with Gasteiger partial charge >= 0.3 is 0 Å². The molecule has 0 aliphatic carbocycles. The Morgan fingerprint density at radius 2 is 2.40 bits per heavy atom. The molecule has 1 aromatic heterocycles. The van der Waals surface area contributed by atoms with Gasteiger partial charge in [-0.15, -0.1) is 0 Å². The Morgan fingerprint density at radius 1 is 1.67 bits per heavy atom. The van der Waals surface area contributed by atoms with Gasteiger partial charge < -0.3 is 10.1 Å². The molecule has 0 saturated heterocycles. The summed E-state index contributed by atoms with van der Waals surface area (Å²) in [5.74, 6) is -0.0311. The van der Waals surface area contributed by atoms with Gasteiger partial charge in [0.25, 0.3) is 0 Å². The summed E-state index contributed by atoms with van der Waals surface area (Å²) in [5, 5.41) is 9.35. The second-order valence-electron chi connectivity index (χ2n) is 4.00. The van der Waals surface area contributed by atoms with Crippen LogP contribution in [-0.2, 0) is 16.1 Å². The fraction of sp³-hybridized carbons (Fsp3) is 0.600. The average Bonchev–Trinajstić information content (AvgIpc) is 2.66. The van der Waals surface area contributed by atoms with Crippen LogP contribution in [0.2, 0.25) is 0 Å². The van der Waals surface area contributed by atoms with Gasteiger partial charge in [0.15, 0.2) is 0 Å². The SMILES string of the molecule is COC(C)(C)CC(=O)NCc1ccn[nH]1. The molecule has 0 aromatic carbocycles. The normalized spacial score (nSPS) is 11.4. The van der Waals surface area contributed by atoms with Gasteiger partial charge in [0.05, 0.1) is 24.3 Å². The van der Waals surface area contributed by atoms with E-state index in [1.165, 1.54) is 0 Å². The fourth-order valence-electron chi connectivity index (χ4n) is 1.10. The molecule has 0 aliphatic heterocycles. The lowest BCUT2D eigenvalue weighted by atomic mass is 10.1. The minimum absolute atomic E-state index is 0.0311. The number of carbonyl (C=O) groups is 1. The average molecular weight is 211 g/mol. The van der Waals surface area contributed by atoms with Gasteiger partial charge in [-0.3, -0.25) is 9.89 Å². The number of hydrogen-bond donors (Lipinski definition) is 2. The van der Waals surface area contributed by atoms with Crippen LogP contribution in [0.5, 0.6) is 0 Å². The number of methoxy groups -OCH3 is 1. The number of ether oxygens (including phenoxy) is 1. The van der Waals surface area contributed by atoms with Crippen LogP contribution >= 0.6 is 0 Å². The van der Waals surface area contributed by atoms with E-state index >= 15 is 0 Å². The highest BCUT2D eigenvalue weighted by molar-refractivity contribution is 5.76. The van der Waals surface area contributed by atoms with E-state index in [0.717, 1.165) is 5.69 Å². The fourth-order valence-corrected chi connectivity index (χ4v) is 1.10. The van der Waals surface area contributed by atoms with Crippen LogP contribution in [0.4, 0.5) is 0 Å². The largest absolute Gasteiger partial charge is 0.378 e. The molecule has 0 radical (unpaired) electrons. The number of amides is 1. The molecule has 0 atom stereocenters. The smallest absolute Gasteiger partial charge is 0.223 e. The molecule has 0 fully saturated rings. The van der Waals surface area contributed by atoms with E-state index in [0.29, 0.717) is 13.0 Å². The molecule has 0 saturated carbocycles. The number of aromatic amines is 1. The van der Waals surface area contributed by atoms with Crippen LogP contribution in [0, 0.1) is 0 Å². The maximum atomic E-state index is 11.5. The molecule has 0 unspecified atom stereocenters. The molecule has 0 bridgehead atoms.